The van der Waals surface area contributed by atoms with Gasteiger partial charge in [0, 0.05) is 24.9 Å². The van der Waals surface area contributed by atoms with Gasteiger partial charge in [0.05, 0.1) is 21.9 Å². The van der Waals surface area contributed by atoms with Crippen LogP contribution in [0, 0.1) is 19.8 Å². The van der Waals surface area contributed by atoms with E-state index in [1.807, 2.05) is 62.4 Å². The van der Waals surface area contributed by atoms with Crippen LogP contribution in [0.4, 0.5) is 0 Å². The van der Waals surface area contributed by atoms with E-state index in [2.05, 4.69) is 13.8 Å². The van der Waals surface area contributed by atoms with Gasteiger partial charge in [-0.3, -0.25) is 4.79 Å². The van der Waals surface area contributed by atoms with Crippen LogP contribution in [0.2, 0.25) is 0 Å². The summed E-state index contributed by atoms with van der Waals surface area (Å²) in [6.07, 6.45) is 1.77. The number of hydrogen-bond acceptors (Lipinski definition) is 5. The van der Waals surface area contributed by atoms with Gasteiger partial charge in [0.1, 0.15) is 5.78 Å². The Bertz CT molecular complexity index is 1960. The molecule has 47 heavy (non-hydrogen) atoms. The maximum atomic E-state index is 14.7. The molecule has 0 radical (unpaired) electrons. The van der Waals surface area contributed by atoms with Crippen molar-refractivity contribution in [3.05, 3.63) is 130 Å². The van der Waals surface area contributed by atoms with Crippen molar-refractivity contribution in [3.8, 4) is 0 Å². The minimum atomic E-state index is -4.10. The van der Waals surface area contributed by atoms with Crippen LogP contribution in [0.25, 0.3) is 0 Å². The second-order valence-electron chi connectivity index (χ2n) is 12.8. The first kappa shape index (κ1) is 33.3. The lowest BCUT2D eigenvalue weighted by Gasteiger charge is -2.51. The molecule has 0 spiro atoms. The summed E-state index contributed by atoms with van der Waals surface area (Å²) in [7, 11) is -8.13. The van der Waals surface area contributed by atoms with Crippen molar-refractivity contribution in [2.75, 3.05) is 6.54 Å². The summed E-state index contributed by atoms with van der Waals surface area (Å²) in [5.74, 6) is -0.952. The van der Waals surface area contributed by atoms with Crippen LogP contribution >= 0.6 is 0 Å². The number of benzene rings is 4. The van der Waals surface area contributed by atoms with Gasteiger partial charge in [-0.15, -0.1) is 0 Å². The van der Waals surface area contributed by atoms with E-state index < -0.39 is 44.1 Å². The highest BCUT2D eigenvalue weighted by atomic mass is 32.2. The molecule has 2 saturated heterocycles. The molecule has 2 heterocycles. The van der Waals surface area contributed by atoms with Crippen LogP contribution < -0.4 is 0 Å². The summed E-state index contributed by atoms with van der Waals surface area (Å²) < 4.78 is 61.1. The first-order valence-corrected chi connectivity index (χ1v) is 19.2. The number of piperidine rings is 2. The number of carbonyl (C=O) groups is 1. The van der Waals surface area contributed by atoms with Gasteiger partial charge >= 0.3 is 0 Å². The van der Waals surface area contributed by atoms with E-state index >= 15 is 0 Å². The molecule has 0 aromatic heterocycles. The van der Waals surface area contributed by atoms with E-state index in [-0.39, 0.29) is 35.0 Å². The maximum absolute atomic E-state index is 14.7. The molecule has 7 nitrogen and oxygen atoms in total. The van der Waals surface area contributed by atoms with Crippen molar-refractivity contribution in [3.63, 3.8) is 0 Å². The van der Waals surface area contributed by atoms with Gasteiger partial charge in [0.25, 0.3) is 0 Å². The fourth-order valence-corrected chi connectivity index (χ4v) is 10.5. The molecule has 2 aliphatic heterocycles. The number of hydrogen-bond donors (Lipinski definition) is 0. The predicted octanol–water partition coefficient (Wildman–Crippen LogP) is 6.95. The smallest absolute Gasteiger partial charge is 0.243 e. The number of sulfonamides is 2. The Labute approximate surface area is 279 Å². The number of rotatable bonds is 8. The zero-order chi connectivity index (χ0) is 33.5. The summed E-state index contributed by atoms with van der Waals surface area (Å²) in [4.78, 5) is 14.4. The number of nitrogens with zero attached hydrogens (tertiary/aromatic N) is 2. The molecule has 0 amide bonds. The van der Waals surface area contributed by atoms with Gasteiger partial charge in [-0.25, -0.2) is 16.8 Å². The third kappa shape index (κ3) is 6.34. The SMILES string of the molecule is CCc1ccc(C2C[C@H]3[C@@H](CN2S(=O)(=O)c2ccc(C)cc2)C(=O)CC(c2ccc(CC)cc2)N3S(=O)(=O)c2ccc(C)cc2)cc1. The molecule has 2 fully saturated rings. The summed E-state index contributed by atoms with van der Waals surface area (Å²) in [5.41, 5.74) is 5.63. The van der Waals surface area contributed by atoms with Gasteiger partial charge in [0.2, 0.25) is 20.0 Å². The van der Waals surface area contributed by atoms with E-state index in [0.717, 1.165) is 46.2 Å². The Morgan fingerprint density at radius 3 is 1.53 bits per heavy atom. The highest BCUT2D eigenvalue weighted by Crippen LogP contribution is 2.48. The van der Waals surface area contributed by atoms with Gasteiger partial charge < -0.3 is 0 Å². The van der Waals surface area contributed by atoms with Gasteiger partial charge in [-0.1, -0.05) is 97.8 Å². The zero-order valence-electron chi connectivity index (χ0n) is 27.3. The maximum Gasteiger partial charge on any atom is 0.243 e. The van der Waals surface area contributed by atoms with Crippen LogP contribution in [-0.4, -0.2) is 43.8 Å². The molecule has 0 N–H and O–H groups in total. The Kier molecular flexibility index (Phi) is 9.28. The van der Waals surface area contributed by atoms with Crippen LogP contribution in [0.1, 0.15) is 72.2 Å². The Morgan fingerprint density at radius 1 is 0.617 bits per heavy atom. The number of fused-ring (bicyclic) bond motifs is 1. The monoisotopic (exact) mass is 670 g/mol. The van der Waals surface area contributed by atoms with E-state index in [0.29, 0.717) is 0 Å². The largest absolute Gasteiger partial charge is 0.299 e. The molecule has 4 aromatic carbocycles. The molecular formula is C38H42N2O5S2. The molecule has 4 atom stereocenters. The van der Waals surface area contributed by atoms with Crippen LogP contribution in [0.5, 0.6) is 0 Å². The first-order valence-electron chi connectivity index (χ1n) is 16.3. The van der Waals surface area contributed by atoms with Crippen molar-refractivity contribution in [1.82, 2.24) is 8.61 Å². The Hall–Kier alpha value is -3.63. The molecule has 0 saturated carbocycles. The summed E-state index contributed by atoms with van der Waals surface area (Å²) >= 11 is 0. The van der Waals surface area contributed by atoms with Crippen molar-refractivity contribution >= 4 is 25.8 Å². The standard InChI is InChI=1S/C38H42N2O5S2/c1-5-28-11-15-30(16-12-28)35-23-37-34(25-39(35)46(42,43)32-19-7-26(3)8-20-32)38(41)24-36(31-17-13-29(6-2)14-18-31)40(37)47(44,45)33-21-9-27(4)10-22-33/h7-22,34-37H,5-6,23-25H2,1-4H3/t34-,35?,36?,37+/m1/s1. The number of aryl methyl sites for hydroxylation is 4. The minimum absolute atomic E-state index is 0.0357. The quantitative estimate of drug-likeness (QED) is 0.202. The zero-order valence-corrected chi connectivity index (χ0v) is 29.0. The Balaban J connectivity index is 1.50. The topological polar surface area (TPSA) is 91.8 Å². The molecule has 4 aromatic rings. The summed E-state index contributed by atoms with van der Waals surface area (Å²) in [6.45, 7) is 7.81. The minimum Gasteiger partial charge on any atom is -0.299 e. The second kappa shape index (κ2) is 13.1. The van der Waals surface area contributed by atoms with Crippen molar-refractivity contribution < 1.29 is 21.6 Å². The summed E-state index contributed by atoms with van der Waals surface area (Å²) in [6, 6.07) is 27.0. The Morgan fingerprint density at radius 2 is 1.06 bits per heavy atom. The van der Waals surface area contributed by atoms with E-state index in [1.54, 1.807) is 48.5 Å². The number of Topliss-reactive ketones (excluding diaryl/α,β-unsaturated/α-hetero) is 1. The highest BCUT2D eigenvalue weighted by Gasteiger charge is 2.54. The lowest BCUT2D eigenvalue weighted by Crippen LogP contribution is -2.60. The average molecular weight is 671 g/mol. The second-order valence-corrected chi connectivity index (χ2v) is 16.6. The normalized spacial score (nSPS) is 22.6. The third-order valence-corrected chi connectivity index (χ3v) is 13.7. The lowest BCUT2D eigenvalue weighted by molar-refractivity contribution is -0.132. The van der Waals surface area contributed by atoms with Crippen LogP contribution in [-0.2, 0) is 37.7 Å². The van der Waals surface area contributed by atoms with Gasteiger partial charge in [-0.05, 0) is 79.6 Å². The summed E-state index contributed by atoms with van der Waals surface area (Å²) in [5, 5.41) is 0. The van der Waals surface area contributed by atoms with Crippen molar-refractivity contribution in [2.24, 2.45) is 5.92 Å². The predicted molar refractivity (Wildman–Crippen MR) is 184 cm³/mol. The molecule has 2 aliphatic rings. The molecule has 9 heteroatoms. The van der Waals surface area contributed by atoms with Crippen LogP contribution in [0.15, 0.2) is 107 Å². The van der Waals surface area contributed by atoms with E-state index in [1.165, 1.54) is 8.61 Å². The molecular weight excluding hydrogens is 629 g/mol. The van der Waals surface area contributed by atoms with Gasteiger partial charge in [-0.2, -0.15) is 8.61 Å². The third-order valence-electron chi connectivity index (χ3n) is 9.87. The fraction of sp³-hybridized carbons (Fsp3) is 0.342. The van der Waals surface area contributed by atoms with E-state index in [4.69, 9.17) is 0 Å². The molecule has 6 rings (SSSR count). The van der Waals surface area contributed by atoms with Crippen molar-refractivity contribution in [2.45, 2.75) is 81.3 Å². The van der Waals surface area contributed by atoms with E-state index in [9.17, 15) is 21.6 Å². The average Bonchev–Trinajstić information content (AvgIpc) is 3.08. The van der Waals surface area contributed by atoms with Crippen molar-refractivity contribution in [1.29, 1.82) is 0 Å². The molecule has 246 valence electrons. The van der Waals surface area contributed by atoms with Crippen LogP contribution in [0.3, 0.4) is 0 Å². The number of ketones is 1. The van der Waals surface area contributed by atoms with Gasteiger partial charge in [0.15, 0.2) is 0 Å². The molecule has 0 bridgehead atoms. The fourth-order valence-electron chi connectivity index (χ4n) is 7.02. The molecule has 0 aliphatic carbocycles. The molecule has 2 unspecified atom stereocenters. The lowest BCUT2D eigenvalue weighted by atomic mass is 9.77. The highest BCUT2D eigenvalue weighted by molar-refractivity contribution is 7.89. The number of carbonyl (C=O) groups excluding carboxylic acids is 1. The first-order chi connectivity index (χ1) is 22.4.